The number of aliphatic imine (C=N–C) groups is 1. The van der Waals surface area contributed by atoms with E-state index in [2.05, 4.69) is 4.99 Å². The first-order chi connectivity index (χ1) is 13.8. The van der Waals surface area contributed by atoms with Gasteiger partial charge in [0, 0.05) is 28.5 Å². The standard InChI is InChI=1S/C21H18ClN3O4/c1-11-2-4-12(5-3-11)16(26)10-15(17-19(23)24-21(29)25-20(17)28)18(27)13-6-8-14(22)9-7-13/h2-9,15,17H,10H2,1H3,(H3,23,24,25,28,29). The maximum Gasteiger partial charge on any atom is 0.349 e. The zero-order chi connectivity index (χ0) is 21.1. The summed E-state index contributed by atoms with van der Waals surface area (Å²) in [5.74, 6) is -4.19. The van der Waals surface area contributed by atoms with Crippen molar-refractivity contribution < 1.29 is 19.2 Å². The third-order valence-corrected chi connectivity index (χ3v) is 4.96. The molecule has 2 aromatic carbocycles. The van der Waals surface area contributed by atoms with Gasteiger partial charge < -0.3 is 5.73 Å². The molecular weight excluding hydrogens is 394 g/mol. The molecule has 3 N–H and O–H groups in total. The predicted molar refractivity (Wildman–Crippen MR) is 108 cm³/mol. The van der Waals surface area contributed by atoms with E-state index in [4.69, 9.17) is 17.3 Å². The summed E-state index contributed by atoms with van der Waals surface area (Å²) >= 11 is 5.88. The zero-order valence-electron chi connectivity index (χ0n) is 15.5. The number of amidine groups is 1. The van der Waals surface area contributed by atoms with E-state index in [1.807, 2.05) is 12.2 Å². The topological polar surface area (TPSA) is 119 Å². The third kappa shape index (κ3) is 4.57. The molecule has 0 aromatic heterocycles. The zero-order valence-corrected chi connectivity index (χ0v) is 16.3. The van der Waals surface area contributed by atoms with Crippen LogP contribution >= 0.6 is 11.6 Å². The van der Waals surface area contributed by atoms with Crippen molar-refractivity contribution in [2.75, 3.05) is 0 Å². The van der Waals surface area contributed by atoms with Crippen molar-refractivity contribution in [1.29, 1.82) is 0 Å². The van der Waals surface area contributed by atoms with Gasteiger partial charge in [-0.15, -0.1) is 0 Å². The summed E-state index contributed by atoms with van der Waals surface area (Å²) in [4.78, 5) is 53.4. The molecule has 0 radical (unpaired) electrons. The van der Waals surface area contributed by atoms with E-state index >= 15 is 0 Å². The molecule has 1 aliphatic heterocycles. The first kappa shape index (κ1) is 20.4. The third-order valence-electron chi connectivity index (χ3n) is 4.71. The lowest BCUT2D eigenvalue weighted by Crippen LogP contribution is -2.51. The molecule has 3 amide bonds. The Hall–Kier alpha value is -3.32. The van der Waals surface area contributed by atoms with Crippen molar-refractivity contribution >= 4 is 40.9 Å². The largest absolute Gasteiger partial charge is 0.386 e. The van der Waals surface area contributed by atoms with Crippen LogP contribution in [0, 0.1) is 18.8 Å². The molecule has 29 heavy (non-hydrogen) atoms. The Labute approximate surface area is 172 Å². The Balaban J connectivity index is 1.97. The van der Waals surface area contributed by atoms with Crippen molar-refractivity contribution in [3.63, 3.8) is 0 Å². The van der Waals surface area contributed by atoms with Crippen LogP contribution in [-0.4, -0.2) is 29.3 Å². The summed E-state index contributed by atoms with van der Waals surface area (Å²) in [6, 6.07) is 12.1. The quantitative estimate of drug-likeness (QED) is 0.708. The van der Waals surface area contributed by atoms with Crippen LogP contribution < -0.4 is 11.1 Å². The number of hydrogen-bond donors (Lipinski definition) is 2. The molecule has 2 unspecified atom stereocenters. The summed E-state index contributed by atoms with van der Waals surface area (Å²) in [7, 11) is 0. The number of aryl methyl sites for hydroxylation is 1. The summed E-state index contributed by atoms with van der Waals surface area (Å²) in [6.07, 6.45) is -0.271. The fourth-order valence-electron chi connectivity index (χ4n) is 3.17. The minimum atomic E-state index is -1.23. The SMILES string of the molecule is Cc1ccc(C(=O)CC(C(=O)c2ccc(Cl)cc2)C2C(=O)NC(=O)N=C2N)cc1. The number of ketones is 2. The normalized spacial score (nSPS) is 17.3. The highest BCUT2D eigenvalue weighted by atomic mass is 35.5. The van der Waals surface area contributed by atoms with Gasteiger partial charge in [0.2, 0.25) is 5.91 Å². The molecule has 0 aliphatic carbocycles. The Morgan fingerprint density at radius 3 is 2.24 bits per heavy atom. The number of nitrogens with one attached hydrogen (secondary N) is 1. The lowest BCUT2D eigenvalue weighted by Gasteiger charge is -2.26. The van der Waals surface area contributed by atoms with Crippen LogP contribution in [0.25, 0.3) is 0 Å². The van der Waals surface area contributed by atoms with Crippen LogP contribution in [-0.2, 0) is 4.79 Å². The van der Waals surface area contributed by atoms with Gasteiger partial charge in [-0.05, 0) is 31.2 Å². The van der Waals surface area contributed by atoms with E-state index in [-0.39, 0.29) is 23.6 Å². The second kappa shape index (κ2) is 8.36. The minimum Gasteiger partial charge on any atom is -0.386 e. The number of halogens is 1. The lowest BCUT2D eigenvalue weighted by atomic mass is 9.79. The summed E-state index contributed by atoms with van der Waals surface area (Å²) in [5.41, 5.74) is 7.48. The number of carbonyl (C=O) groups is 4. The van der Waals surface area contributed by atoms with Gasteiger partial charge in [-0.3, -0.25) is 19.7 Å². The van der Waals surface area contributed by atoms with Crippen LogP contribution in [0.2, 0.25) is 5.02 Å². The van der Waals surface area contributed by atoms with E-state index in [1.54, 1.807) is 24.3 Å². The molecule has 3 rings (SSSR count). The van der Waals surface area contributed by atoms with Crippen LogP contribution in [0.4, 0.5) is 4.79 Å². The average molecular weight is 412 g/mol. The fraction of sp³-hybridized carbons (Fsp3) is 0.190. The van der Waals surface area contributed by atoms with Crippen molar-refractivity contribution in [1.82, 2.24) is 5.32 Å². The number of hydrogen-bond acceptors (Lipinski definition) is 5. The summed E-state index contributed by atoms with van der Waals surface area (Å²) < 4.78 is 0. The number of urea groups is 1. The molecule has 0 fully saturated rings. The number of benzene rings is 2. The summed E-state index contributed by atoms with van der Waals surface area (Å²) in [6.45, 7) is 1.89. The monoisotopic (exact) mass is 411 g/mol. The van der Waals surface area contributed by atoms with Gasteiger partial charge in [0.15, 0.2) is 11.6 Å². The first-order valence-corrected chi connectivity index (χ1v) is 9.22. The van der Waals surface area contributed by atoms with E-state index < -0.39 is 29.6 Å². The van der Waals surface area contributed by atoms with Crippen molar-refractivity contribution in [3.8, 4) is 0 Å². The number of nitrogens with two attached hydrogens (primary N) is 1. The van der Waals surface area contributed by atoms with Gasteiger partial charge in [0.05, 0.1) is 0 Å². The molecule has 7 nitrogen and oxygen atoms in total. The van der Waals surface area contributed by atoms with E-state index in [0.717, 1.165) is 5.56 Å². The number of carbonyl (C=O) groups excluding carboxylic acids is 4. The highest BCUT2D eigenvalue weighted by Crippen LogP contribution is 2.26. The molecule has 0 saturated carbocycles. The number of imide groups is 1. The van der Waals surface area contributed by atoms with Crippen molar-refractivity contribution in [2.24, 2.45) is 22.6 Å². The number of rotatable bonds is 6. The Kier molecular flexibility index (Phi) is 5.89. The Morgan fingerprint density at radius 1 is 1.07 bits per heavy atom. The molecule has 0 bridgehead atoms. The first-order valence-electron chi connectivity index (χ1n) is 8.85. The van der Waals surface area contributed by atoms with Gasteiger partial charge in [-0.1, -0.05) is 41.4 Å². The molecule has 8 heteroatoms. The number of nitrogens with zero attached hydrogens (tertiary/aromatic N) is 1. The second-order valence-electron chi connectivity index (χ2n) is 6.78. The Bertz CT molecular complexity index is 1010. The van der Waals surface area contributed by atoms with Gasteiger partial charge in [0.1, 0.15) is 11.8 Å². The predicted octanol–water partition coefficient (Wildman–Crippen LogP) is 2.94. The molecule has 148 valence electrons. The number of Topliss-reactive ketones (excluding diaryl/α,β-unsaturated/α-hetero) is 2. The van der Waals surface area contributed by atoms with Gasteiger partial charge in [-0.25, -0.2) is 4.79 Å². The molecule has 0 saturated heterocycles. The van der Waals surface area contributed by atoms with Crippen molar-refractivity contribution in [2.45, 2.75) is 13.3 Å². The minimum absolute atomic E-state index is 0.271. The molecule has 0 spiro atoms. The van der Waals surface area contributed by atoms with Crippen LogP contribution in [0.1, 0.15) is 32.7 Å². The fourth-order valence-corrected chi connectivity index (χ4v) is 3.29. The smallest absolute Gasteiger partial charge is 0.349 e. The van der Waals surface area contributed by atoms with Crippen molar-refractivity contribution in [3.05, 3.63) is 70.2 Å². The van der Waals surface area contributed by atoms with Crippen LogP contribution in [0.5, 0.6) is 0 Å². The lowest BCUT2D eigenvalue weighted by molar-refractivity contribution is -0.123. The molecule has 2 aromatic rings. The molecular formula is C21H18ClN3O4. The second-order valence-corrected chi connectivity index (χ2v) is 7.22. The summed E-state index contributed by atoms with van der Waals surface area (Å²) in [5, 5.41) is 2.49. The van der Waals surface area contributed by atoms with E-state index in [0.29, 0.717) is 10.6 Å². The Morgan fingerprint density at radius 2 is 1.66 bits per heavy atom. The van der Waals surface area contributed by atoms with Gasteiger partial charge in [-0.2, -0.15) is 4.99 Å². The van der Waals surface area contributed by atoms with Crippen LogP contribution in [0.3, 0.4) is 0 Å². The van der Waals surface area contributed by atoms with E-state index in [1.165, 1.54) is 24.3 Å². The molecule has 2 atom stereocenters. The molecule has 1 aliphatic rings. The maximum atomic E-state index is 13.2. The van der Waals surface area contributed by atoms with E-state index in [9.17, 15) is 19.2 Å². The highest BCUT2D eigenvalue weighted by Gasteiger charge is 2.41. The number of amides is 3. The van der Waals surface area contributed by atoms with Gasteiger partial charge in [0.25, 0.3) is 0 Å². The van der Waals surface area contributed by atoms with Crippen LogP contribution in [0.15, 0.2) is 53.5 Å². The maximum absolute atomic E-state index is 13.2. The average Bonchev–Trinajstić information content (AvgIpc) is 2.67. The van der Waals surface area contributed by atoms with Gasteiger partial charge >= 0.3 is 6.03 Å². The molecule has 1 heterocycles. The highest BCUT2D eigenvalue weighted by molar-refractivity contribution is 6.30.